The topological polar surface area (TPSA) is 106 Å². The summed E-state index contributed by atoms with van der Waals surface area (Å²) in [6, 6.07) is 3.31. The Morgan fingerprint density at radius 2 is 2.44 bits per heavy atom. The van der Waals surface area contributed by atoms with E-state index in [0.29, 0.717) is 17.9 Å². The minimum absolute atomic E-state index is 0.277. The molecule has 1 amide bonds. The summed E-state index contributed by atoms with van der Waals surface area (Å²) in [5, 5.41) is 9.08. The molecule has 0 saturated heterocycles. The third-order valence-corrected chi connectivity index (χ3v) is 2.40. The number of hydrogen-bond acceptors (Lipinski definition) is 5. The van der Waals surface area contributed by atoms with Gasteiger partial charge in [-0.3, -0.25) is 9.89 Å². The molecule has 2 aromatic heterocycles. The quantitative estimate of drug-likeness (QED) is 0.721. The Bertz CT molecular complexity index is 552. The number of methoxy groups -OCH3 is 1. The van der Waals surface area contributed by atoms with Crippen molar-refractivity contribution in [3.63, 3.8) is 0 Å². The highest BCUT2D eigenvalue weighted by atomic mass is 16.5. The van der Waals surface area contributed by atoms with E-state index in [1.807, 2.05) is 0 Å². The zero-order chi connectivity index (χ0) is 13.0. The lowest BCUT2D eigenvalue weighted by molar-refractivity contribution is 0.0947. The lowest BCUT2D eigenvalue weighted by atomic mass is 10.2. The summed E-state index contributed by atoms with van der Waals surface area (Å²) >= 11 is 0. The Labute approximate surface area is 103 Å². The van der Waals surface area contributed by atoms with E-state index in [9.17, 15) is 4.79 Å². The number of aromatic amines is 1. The third kappa shape index (κ3) is 2.40. The molecule has 7 nitrogen and oxygen atoms in total. The number of nitrogens with two attached hydrogens (primary N) is 1. The number of carbonyl (C=O) groups excluding carboxylic acids is 1. The summed E-state index contributed by atoms with van der Waals surface area (Å²) in [6.45, 7) is 0.291. The number of anilines is 1. The van der Waals surface area contributed by atoms with Crippen LogP contribution in [0, 0.1) is 0 Å². The van der Waals surface area contributed by atoms with Crippen molar-refractivity contribution in [2.45, 2.75) is 6.54 Å². The Morgan fingerprint density at radius 3 is 3.11 bits per heavy atom. The highest BCUT2D eigenvalue weighted by Gasteiger charge is 2.13. The summed E-state index contributed by atoms with van der Waals surface area (Å²) in [7, 11) is 1.47. The van der Waals surface area contributed by atoms with Crippen molar-refractivity contribution < 1.29 is 9.53 Å². The Balaban J connectivity index is 2.06. The first-order valence-electron chi connectivity index (χ1n) is 5.27. The van der Waals surface area contributed by atoms with Crippen molar-refractivity contribution in [3.8, 4) is 5.88 Å². The van der Waals surface area contributed by atoms with Crippen LogP contribution in [-0.2, 0) is 6.54 Å². The molecule has 0 aromatic carbocycles. The van der Waals surface area contributed by atoms with E-state index in [4.69, 9.17) is 10.5 Å². The highest BCUT2D eigenvalue weighted by molar-refractivity contribution is 5.96. The first kappa shape index (κ1) is 11.9. The molecule has 7 heteroatoms. The van der Waals surface area contributed by atoms with Crippen LogP contribution in [0.1, 0.15) is 15.9 Å². The predicted molar refractivity (Wildman–Crippen MR) is 65.0 cm³/mol. The first-order valence-corrected chi connectivity index (χ1v) is 5.27. The number of amides is 1. The molecule has 4 N–H and O–H groups in total. The van der Waals surface area contributed by atoms with Crippen LogP contribution in [0.4, 0.5) is 5.82 Å². The van der Waals surface area contributed by atoms with Gasteiger partial charge in [0.15, 0.2) is 0 Å². The van der Waals surface area contributed by atoms with Gasteiger partial charge in [-0.2, -0.15) is 5.10 Å². The fraction of sp³-hybridized carbons (Fsp3) is 0.182. The SMILES string of the molecule is COc1ncccc1C(=O)NCc1cn[nH]c1N. The molecule has 0 bridgehead atoms. The van der Waals surface area contributed by atoms with Crippen molar-refractivity contribution in [2.75, 3.05) is 12.8 Å². The second-order valence-electron chi connectivity index (χ2n) is 3.55. The van der Waals surface area contributed by atoms with Gasteiger partial charge in [0, 0.05) is 18.3 Å². The molecular weight excluding hydrogens is 234 g/mol. The Morgan fingerprint density at radius 1 is 1.61 bits per heavy atom. The maximum Gasteiger partial charge on any atom is 0.257 e. The van der Waals surface area contributed by atoms with E-state index in [0.717, 1.165) is 5.56 Å². The van der Waals surface area contributed by atoms with Gasteiger partial charge in [0.2, 0.25) is 5.88 Å². The van der Waals surface area contributed by atoms with Crippen molar-refractivity contribution >= 4 is 11.7 Å². The fourth-order valence-corrected chi connectivity index (χ4v) is 1.46. The molecule has 94 valence electrons. The number of nitrogen functional groups attached to an aromatic ring is 1. The van der Waals surface area contributed by atoms with Gasteiger partial charge in [-0.25, -0.2) is 4.98 Å². The second kappa shape index (κ2) is 5.17. The van der Waals surface area contributed by atoms with Crippen molar-refractivity contribution in [1.82, 2.24) is 20.5 Å². The molecule has 2 aromatic rings. The first-order chi connectivity index (χ1) is 8.72. The van der Waals surface area contributed by atoms with E-state index in [2.05, 4.69) is 20.5 Å². The molecule has 0 fully saturated rings. The summed E-state index contributed by atoms with van der Waals surface area (Å²) in [5.74, 6) is 0.448. The normalized spacial score (nSPS) is 10.1. The van der Waals surface area contributed by atoms with Gasteiger partial charge < -0.3 is 15.8 Å². The summed E-state index contributed by atoms with van der Waals surface area (Å²) < 4.78 is 5.01. The van der Waals surface area contributed by atoms with E-state index in [1.54, 1.807) is 24.5 Å². The van der Waals surface area contributed by atoms with E-state index in [1.165, 1.54) is 7.11 Å². The summed E-state index contributed by atoms with van der Waals surface area (Å²) in [5.41, 5.74) is 6.72. The number of ether oxygens (including phenoxy) is 1. The molecule has 0 unspecified atom stereocenters. The van der Waals surface area contributed by atoms with Crippen LogP contribution < -0.4 is 15.8 Å². The minimum Gasteiger partial charge on any atom is -0.480 e. The minimum atomic E-state index is -0.277. The number of aromatic nitrogens is 3. The van der Waals surface area contributed by atoms with Gasteiger partial charge in [0.25, 0.3) is 5.91 Å². The average Bonchev–Trinajstić information content (AvgIpc) is 2.81. The number of nitrogens with one attached hydrogen (secondary N) is 2. The van der Waals surface area contributed by atoms with E-state index in [-0.39, 0.29) is 11.8 Å². The molecule has 0 aliphatic rings. The van der Waals surface area contributed by atoms with Crippen LogP contribution in [0.5, 0.6) is 5.88 Å². The number of hydrogen-bond donors (Lipinski definition) is 3. The molecule has 18 heavy (non-hydrogen) atoms. The number of nitrogens with zero attached hydrogens (tertiary/aromatic N) is 2. The van der Waals surface area contributed by atoms with Crippen LogP contribution in [0.3, 0.4) is 0 Å². The number of pyridine rings is 1. The molecule has 0 aliphatic heterocycles. The molecular formula is C11H13N5O2. The number of H-pyrrole nitrogens is 1. The van der Waals surface area contributed by atoms with Gasteiger partial charge >= 0.3 is 0 Å². The van der Waals surface area contributed by atoms with Crippen LogP contribution >= 0.6 is 0 Å². The summed E-state index contributed by atoms with van der Waals surface area (Å²) in [4.78, 5) is 15.9. The van der Waals surface area contributed by atoms with Crippen LogP contribution in [-0.4, -0.2) is 28.2 Å². The largest absolute Gasteiger partial charge is 0.480 e. The van der Waals surface area contributed by atoms with Crippen molar-refractivity contribution in [3.05, 3.63) is 35.7 Å². The van der Waals surface area contributed by atoms with Gasteiger partial charge in [0.05, 0.1) is 13.3 Å². The van der Waals surface area contributed by atoms with Gasteiger partial charge in [-0.15, -0.1) is 0 Å². The Kier molecular flexibility index (Phi) is 3.42. The molecule has 0 atom stereocenters. The molecule has 0 spiro atoms. The maximum absolute atomic E-state index is 11.9. The monoisotopic (exact) mass is 247 g/mol. The molecule has 0 saturated carbocycles. The third-order valence-electron chi connectivity index (χ3n) is 2.40. The van der Waals surface area contributed by atoms with Crippen molar-refractivity contribution in [1.29, 1.82) is 0 Å². The smallest absolute Gasteiger partial charge is 0.257 e. The zero-order valence-corrected chi connectivity index (χ0v) is 9.80. The maximum atomic E-state index is 11.9. The standard InChI is InChI=1S/C11H13N5O2/c1-18-11-8(3-2-4-13-11)10(17)14-5-7-6-15-16-9(7)12/h2-4,6H,5H2,1H3,(H,14,17)(H3,12,15,16). The predicted octanol–water partition coefficient (Wildman–Crippen LogP) is 0.325. The molecule has 0 aliphatic carbocycles. The van der Waals surface area contributed by atoms with Crippen LogP contribution in [0.25, 0.3) is 0 Å². The van der Waals surface area contributed by atoms with Crippen LogP contribution in [0.15, 0.2) is 24.5 Å². The second-order valence-corrected chi connectivity index (χ2v) is 3.55. The molecule has 2 rings (SSSR count). The molecule has 0 radical (unpaired) electrons. The van der Waals surface area contributed by atoms with Gasteiger partial charge in [0.1, 0.15) is 11.4 Å². The molecule has 2 heterocycles. The average molecular weight is 247 g/mol. The van der Waals surface area contributed by atoms with Crippen molar-refractivity contribution in [2.24, 2.45) is 0 Å². The van der Waals surface area contributed by atoms with E-state index < -0.39 is 0 Å². The summed E-state index contributed by atoms with van der Waals surface area (Å²) in [6.07, 6.45) is 3.12. The number of carbonyl (C=O) groups is 1. The Hall–Kier alpha value is -2.57. The lowest BCUT2D eigenvalue weighted by Crippen LogP contribution is -2.23. The highest BCUT2D eigenvalue weighted by Crippen LogP contribution is 2.13. The van der Waals surface area contributed by atoms with Gasteiger partial charge in [-0.1, -0.05) is 0 Å². The van der Waals surface area contributed by atoms with Crippen LogP contribution in [0.2, 0.25) is 0 Å². The lowest BCUT2D eigenvalue weighted by Gasteiger charge is -2.07. The fourth-order valence-electron chi connectivity index (χ4n) is 1.46. The van der Waals surface area contributed by atoms with Gasteiger partial charge in [-0.05, 0) is 12.1 Å². The van der Waals surface area contributed by atoms with E-state index >= 15 is 0 Å². The zero-order valence-electron chi connectivity index (χ0n) is 9.80. The number of rotatable bonds is 4.